The Hall–Kier alpha value is -2.48. The van der Waals surface area contributed by atoms with Gasteiger partial charge in [-0.3, -0.25) is 14.3 Å². The van der Waals surface area contributed by atoms with Crippen LogP contribution in [0.15, 0.2) is 33.8 Å². The lowest BCUT2D eigenvalue weighted by Crippen LogP contribution is -2.21. The fourth-order valence-electron chi connectivity index (χ4n) is 3.21. The third-order valence-electron chi connectivity index (χ3n) is 5.10. The number of halogens is 1. The highest BCUT2D eigenvalue weighted by atomic mass is 79.9. The number of hydrogen-bond donors (Lipinski definition) is 2. The van der Waals surface area contributed by atoms with Gasteiger partial charge in [-0.25, -0.2) is 5.43 Å². The standard InChI is InChI=1S/C20H24BrN5O2/c1-12(23-24-20(28)18-17(21)13(2)26(3)25-18)14-8-10-16(11-9-14)22-19(27)15-6-4-5-7-15/h8-11,15H,4-7H2,1-3H3,(H,22,27)(H,24,28). The Morgan fingerprint density at radius 2 is 1.86 bits per heavy atom. The molecule has 0 radical (unpaired) electrons. The predicted molar refractivity (Wildman–Crippen MR) is 112 cm³/mol. The molecule has 2 N–H and O–H groups in total. The third-order valence-corrected chi connectivity index (χ3v) is 6.05. The van der Waals surface area contributed by atoms with E-state index >= 15 is 0 Å². The van der Waals surface area contributed by atoms with E-state index in [1.54, 1.807) is 11.7 Å². The van der Waals surface area contributed by atoms with Gasteiger partial charge in [0.25, 0.3) is 5.91 Å². The maximum atomic E-state index is 12.3. The van der Waals surface area contributed by atoms with E-state index in [0.717, 1.165) is 42.6 Å². The van der Waals surface area contributed by atoms with Crippen molar-refractivity contribution in [1.29, 1.82) is 0 Å². The number of aryl methyl sites for hydroxylation is 1. The van der Waals surface area contributed by atoms with Gasteiger partial charge in [0.2, 0.25) is 5.91 Å². The van der Waals surface area contributed by atoms with Crippen molar-refractivity contribution in [3.63, 3.8) is 0 Å². The van der Waals surface area contributed by atoms with Crippen LogP contribution in [0.4, 0.5) is 5.69 Å². The van der Waals surface area contributed by atoms with Crippen LogP contribution in [0.2, 0.25) is 0 Å². The number of nitrogens with one attached hydrogen (secondary N) is 2. The summed E-state index contributed by atoms with van der Waals surface area (Å²) in [5, 5.41) is 11.3. The number of rotatable bonds is 5. The Kier molecular flexibility index (Phi) is 6.28. The molecule has 0 spiro atoms. The fourth-order valence-corrected chi connectivity index (χ4v) is 3.72. The van der Waals surface area contributed by atoms with Crippen molar-refractivity contribution in [2.45, 2.75) is 39.5 Å². The number of aromatic nitrogens is 2. The molecule has 0 unspecified atom stereocenters. The number of hydrogen-bond acceptors (Lipinski definition) is 4. The topological polar surface area (TPSA) is 88.4 Å². The Morgan fingerprint density at radius 3 is 2.43 bits per heavy atom. The largest absolute Gasteiger partial charge is 0.326 e. The molecule has 0 saturated heterocycles. The van der Waals surface area contributed by atoms with E-state index < -0.39 is 0 Å². The second-order valence-electron chi connectivity index (χ2n) is 7.06. The van der Waals surface area contributed by atoms with E-state index in [1.165, 1.54) is 0 Å². The molecule has 28 heavy (non-hydrogen) atoms. The lowest BCUT2D eigenvalue weighted by Gasteiger charge is -2.10. The summed E-state index contributed by atoms with van der Waals surface area (Å²) >= 11 is 3.38. The zero-order chi connectivity index (χ0) is 20.3. The van der Waals surface area contributed by atoms with Crippen LogP contribution in [-0.4, -0.2) is 27.3 Å². The number of nitrogens with zero attached hydrogens (tertiary/aromatic N) is 3. The molecular formula is C20H24BrN5O2. The fraction of sp³-hybridized carbons (Fsp3) is 0.400. The lowest BCUT2D eigenvalue weighted by molar-refractivity contribution is -0.119. The van der Waals surface area contributed by atoms with Gasteiger partial charge in [0.05, 0.1) is 15.9 Å². The number of carbonyl (C=O) groups excluding carboxylic acids is 2. The molecule has 0 atom stereocenters. The minimum Gasteiger partial charge on any atom is -0.326 e. The first-order chi connectivity index (χ1) is 13.4. The third kappa shape index (κ3) is 4.49. The Bertz CT molecular complexity index is 911. The van der Waals surface area contributed by atoms with E-state index in [-0.39, 0.29) is 17.7 Å². The first-order valence-electron chi connectivity index (χ1n) is 9.32. The molecule has 2 amide bonds. The summed E-state index contributed by atoms with van der Waals surface area (Å²) in [6.07, 6.45) is 4.21. The molecule has 1 aromatic carbocycles. The van der Waals surface area contributed by atoms with E-state index in [0.29, 0.717) is 15.9 Å². The van der Waals surface area contributed by atoms with Gasteiger partial charge in [0.15, 0.2) is 5.69 Å². The maximum Gasteiger partial charge on any atom is 0.293 e. The van der Waals surface area contributed by atoms with Crippen LogP contribution in [0.5, 0.6) is 0 Å². The molecule has 0 aliphatic heterocycles. The molecule has 7 nitrogen and oxygen atoms in total. The molecule has 1 saturated carbocycles. The molecular weight excluding hydrogens is 422 g/mol. The maximum absolute atomic E-state index is 12.3. The van der Waals surface area contributed by atoms with Gasteiger partial charge in [0, 0.05) is 18.7 Å². The van der Waals surface area contributed by atoms with Gasteiger partial charge in [-0.2, -0.15) is 10.2 Å². The normalized spacial score (nSPS) is 14.9. The van der Waals surface area contributed by atoms with Crippen LogP contribution in [0, 0.1) is 12.8 Å². The van der Waals surface area contributed by atoms with Crippen molar-refractivity contribution in [2.24, 2.45) is 18.1 Å². The van der Waals surface area contributed by atoms with Crippen LogP contribution < -0.4 is 10.7 Å². The minimum absolute atomic E-state index is 0.0964. The summed E-state index contributed by atoms with van der Waals surface area (Å²) in [4.78, 5) is 24.5. The summed E-state index contributed by atoms with van der Waals surface area (Å²) in [7, 11) is 1.78. The van der Waals surface area contributed by atoms with Crippen LogP contribution in [0.1, 0.15) is 54.4 Å². The van der Waals surface area contributed by atoms with Crippen LogP contribution >= 0.6 is 15.9 Å². The highest BCUT2D eigenvalue weighted by molar-refractivity contribution is 9.10. The molecule has 1 aromatic heterocycles. The lowest BCUT2D eigenvalue weighted by atomic mass is 10.1. The average Bonchev–Trinajstić information content (AvgIpc) is 3.31. The summed E-state index contributed by atoms with van der Waals surface area (Å²) in [5.41, 5.74) is 5.98. The van der Waals surface area contributed by atoms with Gasteiger partial charge in [-0.15, -0.1) is 0 Å². The smallest absolute Gasteiger partial charge is 0.293 e. The molecule has 1 heterocycles. The first-order valence-corrected chi connectivity index (χ1v) is 10.1. The van der Waals surface area contributed by atoms with Crippen LogP contribution in [0.25, 0.3) is 0 Å². The zero-order valence-corrected chi connectivity index (χ0v) is 17.8. The number of hydrazone groups is 1. The molecule has 2 aromatic rings. The quantitative estimate of drug-likeness (QED) is 0.541. The van der Waals surface area contributed by atoms with E-state index in [9.17, 15) is 9.59 Å². The monoisotopic (exact) mass is 445 g/mol. The van der Waals surface area contributed by atoms with Crippen molar-refractivity contribution in [3.8, 4) is 0 Å². The summed E-state index contributed by atoms with van der Waals surface area (Å²) in [6, 6.07) is 7.44. The number of anilines is 1. The molecule has 3 rings (SSSR count). The Balaban J connectivity index is 1.61. The van der Waals surface area contributed by atoms with Gasteiger partial charge in [-0.05, 0) is 60.3 Å². The van der Waals surface area contributed by atoms with Crippen molar-refractivity contribution < 1.29 is 9.59 Å². The average molecular weight is 446 g/mol. The van der Waals surface area contributed by atoms with E-state index in [4.69, 9.17) is 0 Å². The first kappa shape index (κ1) is 20.3. The van der Waals surface area contributed by atoms with Crippen molar-refractivity contribution in [2.75, 3.05) is 5.32 Å². The van der Waals surface area contributed by atoms with Gasteiger partial charge in [0.1, 0.15) is 0 Å². The Labute approximate surface area is 172 Å². The van der Waals surface area contributed by atoms with Gasteiger partial charge >= 0.3 is 0 Å². The van der Waals surface area contributed by atoms with Gasteiger partial charge < -0.3 is 5.32 Å². The minimum atomic E-state index is -0.379. The molecule has 1 aliphatic carbocycles. The van der Waals surface area contributed by atoms with E-state index in [2.05, 4.69) is 36.9 Å². The summed E-state index contributed by atoms with van der Waals surface area (Å²) < 4.78 is 2.29. The highest BCUT2D eigenvalue weighted by Crippen LogP contribution is 2.26. The number of amides is 2. The summed E-state index contributed by atoms with van der Waals surface area (Å²) in [6.45, 7) is 3.68. The highest BCUT2D eigenvalue weighted by Gasteiger charge is 2.22. The predicted octanol–water partition coefficient (Wildman–Crippen LogP) is 3.77. The molecule has 148 valence electrons. The molecule has 1 fully saturated rings. The number of carbonyl (C=O) groups is 2. The zero-order valence-electron chi connectivity index (χ0n) is 16.3. The van der Waals surface area contributed by atoms with Crippen molar-refractivity contribution in [3.05, 3.63) is 45.7 Å². The van der Waals surface area contributed by atoms with Crippen molar-refractivity contribution >= 4 is 39.1 Å². The van der Waals surface area contributed by atoms with Crippen molar-refractivity contribution in [1.82, 2.24) is 15.2 Å². The second-order valence-corrected chi connectivity index (χ2v) is 7.85. The molecule has 8 heteroatoms. The van der Waals surface area contributed by atoms with Crippen LogP contribution in [0.3, 0.4) is 0 Å². The second kappa shape index (κ2) is 8.68. The van der Waals surface area contributed by atoms with E-state index in [1.807, 2.05) is 38.1 Å². The molecule has 0 bridgehead atoms. The number of benzene rings is 1. The van der Waals surface area contributed by atoms with Crippen LogP contribution in [-0.2, 0) is 11.8 Å². The molecule has 1 aliphatic rings. The van der Waals surface area contributed by atoms with Gasteiger partial charge in [-0.1, -0.05) is 25.0 Å². The summed E-state index contributed by atoms with van der Waals surface area (Å²) in [5.74, 6) is -0.151. The Morgan fingerprint density at radius 1 is 1.21 bits per heavy atom. The SMILES string of the molecule is CC(=NNC(=O)c1nn(C)c(C)c1Br)c1ccc(NC(=O)C2CCCC2)cc1.